The highest BCUT2D eigenvalue weighted by Crippen LogP contribution is 2.26. The Morgan fingerprint density at radius 1 is 1.04 bits per heavy atom. The number of methoxy groups -OCH3 is 1. The lowest BCUT2D eigenvalue weighted by Crippen LogP contribution is -2.18. The van der Waals surface area contributed by atoms with Gasteiger partial charge in [-0.1, -0.05) is 6.07 Å². The van der Waals surface area contributed by atoms with Gasteiger partial charge in [-0.25, -0.2) is 0 Å². The Kier molecular flexibility index (Phi) is 4.74. The molecule has 0 unspecified atom stereocenters. The van der Waals surface area contributed by atoms with Gasteiger partial charge in [-0.15, -0.1) is 0 Å². The zero-order valence-electron chi connectivity index (χ0n) is 14.6. The Hall–Kier alpha value is -2.49. The highest BCUT2D eigenvalue weighted by Gasteiger charge is 2.14. The predicted octanol–water partition coefficient (Wildman–Crippen LogP) is 4.16. The fourth-order valence-electron chi connectivity index (χ4n) is 3.12. The fourth-order valence-corrected chi connectivity index (χ4v) is 3.12. The second-order valence-electron chi connectivity index (χ2n) is 6.33. The van der Waals surface area contributed by atoms with Crippen LogP contribution in [0.15, 0.2) is 36.4 Å². The van der Waals surface area contributed by atoms with Crippen LogP contribution in [0.2, 0.25) is 0 Å². The van der Waals surface area contributed by atoms with Gasteiger partial charge in [0.15, 0.2) is 0 Å². The van der Waals surface area contributed by atoms with Crippen LogP contribution in [0.25, 0.3) is 0 Å². The lowest BCUT2D eigenvalue weighted by molar-refractivity contribution is 0.102. The lowest BCUT2D eigenvalue weighted by atomic mass is 10.1. The smallest absolute Gasteiger partial charge is 0.255 e. The quantitative estimate of drug-likeness (QED) is 0.918. The van der Waals surface area contributed by atoms with E-state index in [1.807, 2.05) is 32.0 Å². The van der Waals surface area contributed by atoms with Gasteiger partial charge in [0.1, 0.15) is 5.75 Å². The molecule has 4 heteroatoms. The number of carbonyl (C=O) groups is 1. The fraction of sp³-hybridized carbons (Fsp3) is 0.350. The van der Waals surface area contributed by atoms with Gasteiger partial charge in [-0.05, 0) is 68.1 Å². The van der Waals surface area contributed by atoms with Crippen molar-refractivity contribution in [3.63, 3.8) is 0 Å². The zero-order valence-corrected chi connectivity index (χ0v) is 14.6. The second kappa shape index (κ2) is 6.95. The lowest BCUT2D eigenvalue weighted by Gasteiger charge is -2.19. The van der Waals surface area contributed by atoms with E-state index in [1.165, 1.54) is 18.5 Å². The number of carbonyl (C=O) groups excluding carboxylic acids is 1. The van der Waals surface area contributed by atoms with Crippen molar-refractivity contribution in [3.8, 4) is 5.75 Å². The maximum Gasteiger partial charge on any atom is 0.255 e. The van der Waals surface area contributed by atoms with Crippen molar-refractivity contribution in [2.24, 2.45) is 0 Å². The van der Waals surface area contributed by atoms with E-state index in [2.05, 4.69) is 22.3 Å². The van der Waals surface area contributed by atoms with Gasteiger partial charge >= 0.3 is 0 Å². The van der Waals surface area contributed by atoms with Crippen LogP contribution in [0.5, 0.6) is 5.75 Å². The first-order valence-corrected chi connectivity index (χ1v) is 8.40. The van der Waals surface area contributed by atoms with E-state index in [9.17, 15) is 4.79 Å². The molecule has 1 amide bonds. The second-order valence-corrected chi connectivity index (χ2v) is 6.33. The van der Waals surface area contributed by atoms with E-state index in [0.29, 0.717) is 5.56 Å². The van der Waals surface area contributed by atoms with E-state index >= 15 is 0 Å². The van der Waals surface area contributed by atoms with Gasteiger partial charge in [0.25, 0.3) is 5.91 Å². The van der Waals surface area contributed by atoms with Crippen molar-refractivity contribution in [1.29, 1.82) is 0 Å². The summed E-state index contributed by atoms with van der Waals surface area (Å²) in [5.74, 6) is 0.606. The first kappa shape index (κ1) is 16.4. The van der Waals surface area contributed by atoms with Crippen LogP contribution in [0.3, 0.4) is 0 Å². The van der Waals surface area contributed by atoms with E-state index in [1.54, 1.807) is 13.2 Å². The van der Waals surface area contributed by atoms with E-state index in [0.717, 1.165) is 35.7 Å². The number of hydrogen-bond donors (Lipinski definition) is 1. The summed E-state index contributed by atoms with van der Waals surface area (Å²) in [4.78, 5) is 14.9. The van der Waals surface area contributed by atoms with Crippen LogP contribution in [0, 0.1) is 13.8 Å². The van der Waals surface area contributed by atoms with Crippen LogP contribution >= 0.6 is 0 Å². The molecule has 0 aliphatic carbocycles. The first-order valence-electron chi connectivity index (χ1n) is 8.40. The third-order valence-electron chi connectivity index (χ3n) is 4.60. The van der Waals surface area contributed by atoms with Crippen molar-refractivity contribution < 1.29 is 9.53 Å². The van der Waals surface area contributed by atoms with Crippen LogP contribution in [0.1, 0.15) is 34.3 Å². The van der Waals surface area contributed by atoms with E-state index in [-0.39, 0.29) is 5.91 Å². The summed E-state index contributed by atoms with van der Waals surface area (Å²) in [5.41, 5.74) is 4.77. The number of amides is 1. The van der Waals surface area contributed by atoms with Crippen molar-refractivity contribution >= 4 is 17.3 Å². The number of rotatable bonds is 4. The Labute approximate surface area is 143 Å². The molecule has 1 heterocycles. The molecule has 1 aliphatic heterocycles. The van der Waals surface area contributed by atoms with Crippen LogP contribution in [-0.4, -0.2) is 26.1 Å². The third-order valence-corrected chi connectivity index (χ3v) is 4.60. The zero-order chi connectivity index (χ0) is 17.1. The van der Waals surface area contributed by atoms with Crippen LogP contribution in [-0.2, 0) is 0 Å². The molecule has 0 saturated carbocycles. The molecule has 2 aromatic carbocycles. The number of hydrogen-bond acceptors (Lipinski definition) is 3. The average Bonchev–Trinajstić information content (AvgIpc) is 3.11. The number of aryl methyl sites for hydroxylation is 2. The summed E-state index contributed by atoms with van der Waals surface area (Å²) in [6.45, 7) is 6.23. The molecule has 24 heavy (non-hydrogen) atoms. The molecular weight excluding hydrogens is 300 g/mol. The average molecular weight is 324 g/mol. The molecule has 0 radical (unpaired) electrons. The van der Waals surface area contributed by atoms with Gasteiger partial charge in [0, 0.05) is 30.0 Å². The van der Waals surface area contributed by atoms with Crippen molar-refractivity contribution in [1.82, 2.24) is 0 Å². The standard InChI is InChI=1S/C20H24N2O2/c1-14-6-7-16(13-19(14)24-3)20(23)21-18-9-8-17(12-15(18)2)22-10-4-5-11-22/h6-9,12-13H,4-5,10-11H2,1-3H3,(H,21,23). The highest BCUT2D eigenvalue weighted by molar-refractivity contribution is 6.05. The van der Waals surface area contributed by atoms with Gasteiger partial charge in [0.2, 0.25) is 0 Å². The number of nitrogens with one attached hydrogen (secondary N) is 1. The molecule has 4 nitrogen and oxygen atoms in total. The van der Waals surface area contributed by atoms with Crippen LogP contribution in [0.4, 0.5) is 11.4 Å². The SMILES string of the molecule is COc1cc(C(=O)Nc2ccc(N3CCCC3)cc2C)ccc1C. The number of anilines is 2. The van der Waals surface area contributed by atoms with E-state index < -0.39 is 0 Å². The molecule has 0 aromatic heterocycles. The Morgan fingerprint density at radius 2 is 1.79 bits per heavy atom. The molecule has 1 fully saturated rings. The molecule has 0 bridgehead atoms. The minimum absolute atomic E-state index is 0.120. The minimum Gasteiger partial charge on any atom is -0.496 e. The molecule has 1 aliphatic rings. The molecule has 3 rings (SSSR count). The van der Waals surface area contributed by atoms with Gasteiger partial charge in [-0.2, -0.15) is 0 Å². The van der Waals surface area contributed by atoms with Crippen molar-refractivity contribution in [2.75, 3.05) is 30.4 Å². The van der Waals surface area contributed by atoms with Crippen molar-refractivity contribution in [2.45, 2.75) is 26.7 Å². The summed E-state index contributed by atoms with van der Waals surface area (Å²) in [6.07, 6.45) is 2.51. The van der Waals surface area contributed by atoms with Gasteiger partial charge < -0.3 is 15.0 Å². The molecular formula is C20H24N2O2. The largest absolute Gasteiger partial charge is 0.496 e. The maximum absolute atomic E-state index is 12.5. The predicted molar refractivity (Wildman–Crippen MR) is 98.3 cm³/mol. The Bertz CT molecular complexity index is 749. The summed E-state index contributed by atoms with van der Waals surface area (Å²) >= 11 is 0. The molecule has 0 atom stereocenters. The normalized spacial score (nSPS) is 13.9. The number of nitrogens with zero attached hydrogens (tertiary/aromatic N) is 1. The summed E-state index contributed by atoms with van der Waals surface area (Å²) < 4.78 is 5.30. The molecule has 0 spiro atoms. The number of benzene rings is 2. The summed E-state index contributed by atoms with van der Waals surface area (Å²) in [5, 5.41) is 3.00. The highest BCUT2D eigenvalue weighted by atomic mass is 16.5. The molecule has 126 valence electrons. The third kappa shape index (κ3) is 3.37. The molecule has 2 aromatic rings. The van der Waals surface area contributed by atoms with Crippen molar-refractivity contribution in [3.05, 3.63) is 53.1 Å². The van der Waals surface area contributed by atoms with Gasteiger partial charge in [-0.3, -0.25) is 4.79 Å². The summed E-state index contributed by atoms with van der Waals surface area (Å²) in [6, 6.07) is 11.7. The number of ether oxygens (including phenoxy) is 1. The van der Waals surface area contributed by atoms with E-state index in [4.69, 9.17) is 4.74 Å². The first-order chi connectivity index (χ1) is 11.6. The monoisotopic (exact) mass is 324 g/mol. The molecule has 1 saturated heterocycles. The Balaban J connectivity index is 1.76. The maximum atomic E-state index is 12.5. The Morgan fingerprint density at radius 3 is 2.46 bits per heavy atom. The van der Waals surface area contributed by atoms with Crippen LogP contribution < -0.4 is 15.0 Å². The molecule has 1 N–H and O–H groups in total. The summed E-state index contributed by atoms with van der Waals surface area (Å²) in [7, 11) is 1.62. The van der Waals surface area contributed by atoms with Gasteiger partial charge in [0.05, 0.1) is 7.11 Å². The minimum atomic E-state index is -0.120. The topological polar surface area (TPSA) is 41.6 Å².